The molecule has 2 aromatic rings. The molecule has 0 aliphatic heterocycles. The molecule has 1 saturated carbocycles. The van der Waals surface area contributed by atoms with Crippen LogP contribution in [0.25, 0.3) is 0 Å². The van der Waals surface area contributed by atoms with Gasteiger partial charge in [0, 0.05) is 29.4 Å². The van der Waals surface area contributed by atoms with E-state index in [0.29, 0.717) is 23.6 Å². The second kappa shape index (κ2) is 7.00. The van der Waals surface area contributed by atoms with Crippen molar-refractivity contribution in [1.29, 1.82) is 0 Å². The van der Waals surface area contributed by atoms with Crippen molar-refractivity contribution in [3.63, 3.8) is 0 Å². The van der Waals surface area contributed by atoms with Gasteiger partial charge in [0.05, 0.1) is 12.7 Å². The van der Waals surface area contributed by atoms with Gasteiger partial charge in [0.2, 0.25) is 0 Å². The highest BCUT2D eigenvalue weighted by atomic mass is 35.5. The average Bonchev–Trinajstić information content (AvgIpc) is 3.23. The first-order chi connectivity index (χ1) is 11.1. The molecule has 1 fully saturated rings. The lowest BCUT2D eigenvalue weighted by Crippen LogP contribution is -2.41. The monoisotopic (exact) mass is 336 g/mol. The fourth-order valence-electron chi connectivity index (χ4n) is 2.44. The highest BCUT2D eigenvalue weighted by Gasteiger charge is 2.33. The normalized spacial score (nSPS) is 13.8. The first-order valence-electron chi connectivity index (χ1n) is 7.60. The van der Waals surface area contributed by atoms with Gasteiger partial charge >= 0.3 is 6.03 Å². The van der Waals surface area contributed by atoms with Crippen molar-refractivity contribution >= 4 is 17.6 Å². The summed E-state index contributed by atoms with van der Waals surface area (Å²) in [5.41, 5.74) is 1.39. The summed E-state index contributed by atoms with van der Waals surface area (Å²) in [6.45, 7) is 0.695. The molecule has 5 nitrogen and oxygen atoms in total. The van der Waals surface area contributed by atoms with Crippen molar-refractivity contribution in [3.8, 4) is 0 Å². The Hall–Kier alpha value is -2.08. The number of rotatable bonds is 6. The molecule has 2 amide bonds. The first-order valence-corrected chi connectivity index (χ1v) is 7.98. The Bertz CT molecular complexity index is 652. The molecule has 1 aromatic carbocycles. The molecule has 1 aliphatic carbocycles. The minimum Gasteiger partial charge on any atom is -0.338 e. The zero-order valence-corrected chi connectivity index (χ0v) is 13.3. The van der Waals surface area contributed by atoms with Crippen LogP contribution in [0, 0.1) is 5.82 Å². The van der Waals surface area contributed by atoms with E-state index in [0.717, 1.165) is 18.4 Å². The maximum absolute atomic E-state index is 13.9. The van der Waals surface area contributed by atoms with Crippen LogP contribution in [0.15, 0.2) is 30.6 Å². The fourth-order valence-corrected chi connectivity index (χ4v) is 2.66. The van der Waals surface area contributed by atoms with Crippen LogP contribution in [-0.2, 0) is 13.0 Å². The third-order valence-electron chi connectivity index (χ3n) is 3.88. The van der Waals surface area contributed by atoms with Gasteiger partial charge in [0.25, 0.3) is 0 Å². The molecule has 122 valence electrons. The molecule has 0 saturated heterocycles. The summed E-state index contributed by atoms with van der Waals surface area (Å²) in [5, 5.41) is 9.83. The Balaban J connectivity index is 1.61. The average molecular weight is 337 g/mol. The zero-order chi connectivity index (χ0) is 16.2. The van der Waals surface area contributed by atoms with Crippen LogP contribution in [0.3, 0.4) is 0 Å². The Morgan fingerprint density at radius 1 is 1.48 bits per heavy atom. The number of benzene rings is 1. The highest BCUT2D eigenvalue weighted by molar-refractivity contribution is 6.31. The predicted octanol–water partition coefficient (Wildman–Crippen LogP) is 3.12. The number of aromatic nitrogens is 2. The van der Waals surface area contributed by atoms with Crippen molar-refractivity contribution in [3.05, 3.63) is 52.6 Å². The quantitative estimate of drug-likeness (QED) is 0.851. The standard InChI is InChI=1S/C16H18ClFN4O/c17-14-2-1-3-15(18)13(14)10-22(12-4-5-12)16(23)19-7-6-11-8-20-21-9-11/h1-3,8-9,12H,4-7,10H2,(H,19,23)(H,20,21). The Kier molecular flexibility index (Phi) is 4.81. The number of nitrogens with one attached hydrogen (secondary N) is 2. The number of nitrogens with zero attached hydrogens (tertiary/aromatic N) is 2. The maximum Gasteiger partial charge on any atom is 0.317 e. The molecule has 1 aliphatic rings. The Labute approximate surface area is 138 Å². The molecular formula is C16H18ClFN4O. The molecule has 1 heterocycles. The summed E-state index contributed by atoms with van der Waals surface area (Å²) in [7, 11) is 0. The number of carbonyl (C=O) groups is 1. The highest BCUT2D eigenvalue weighted by Crippen LogP contribution is 2.30. The van der Waals surface area contributed by atoms with Gasteiger partial charge in [-0.05, 0) is 37.0 Å². The lowest BCUT2D eigenvalue weighted by Gasteiger charge is -2.23. The number of hydrogen-bond acceptors (Lipinski definition) is 2. The van der Waals surface area contributed by atoms with Gasteiger partial charge in [0.1, 0.15) is 5.82 Å². The number of carbonyl (C=O) groups excluding carboxylic acids is 1. The third kappa shape index (κ3) is 4.01. The fraction of sp³-hybridized carbons (Fsp3) is 0.375. The predicted molar refractivity (Wildman–Crippen MR) is 85.7 cm³/mol. The first kappa shape index (κ1) is 15.8. The van der Waals surface area contributed by atoms with Crippen molar-refractivity contribution < 1.29 is 9.18 Å². The minimum absolute atomic E-state index is 0.166. The second-order valence-corrected chi connectivity index (χ2v) is 6.05. The lowest BCUT2D eigenvalue weighted by atomic mass is 10.2. The van der Waals surface area contributed by atoms with Crippen LogP contribution in [0.5, 0.6) is 0 Å². The summed E-state index contributed by atoms with van der Waals surface area (Å²) in [4.78, 5) is 14.1. The Morgan fingerprint density at radius 2 is 2.30 bits per heavy atom. The van der Waals surface area contributed by atoms with Crippen LogP contribution in [0.2, 0.25) is 5.02 Å². The van der Waals surface area contributed by atoms with Gasteiger partial charge < -0.3 is 10.2 Å². The van der Waals surface area contributed by atoms with Gasteiger partial charge in [-0.15, -0.1) is 0 Å². The van der Waals surface area contributed by atoms with E-state index in [9.17, 15) is 9.18 Å². The molecule has 0 spiro atoms. The van der Waals surface area contributed by atoms with Crippen molar-refractivity contribution in [1.82, 2.24) is 20.4 Å². The second-order valence-electron chi connectivity index (χ2n) is 5.65. The molecule has 7 heteroatoms. The Morgan fingerprint density at radius 3 is 2.96 bits per heavy atom. The number of urea groups is 1. The molecule has 0 unspecified atom stereocenters. The van der Waals surface area contributed by atoms with E-state index >= 15 is 0 Å². The molecule has 0 radical (unpaired) electrons. The van der Waals surface area contributed by atoms with Crippen LogP contribution >= 0.6 is 11.6 Å². The van der Waals surface area contributed by atoms with Crippen LogP contribution in [0.4, 0.5) is 9.18 Å². The van der Waals surface area contributed by atoms with E-state index in [1.165, 1.54) is 6.07 Å². The molecular weight excluding hydrogens is 319 g/mol. The van der Waals surface area contributed by atoms with Crippen molar-refractivity contribution in [2.75, 3.05) is 6.54 Å². The molecule has 3 rings (SSSR count). The molecule has 0 bridgehead atoms. The van der Waals surface area contributed by atoms with Gasteiger partial charge in [-0.3, -0.25) is 5.10 Å². The van der Waals surface area contributed by atoms with Crippen LogP contribution in [-0.4, -0.2) is 33.7 Å². The van der Waals surface area contributed by atoms with E-state index in [-0.39, 0.29) is 24.4 Å². The van der Waals surface area contributed by atoms with E-state index in [1.54, 1.807) is 29.4 Å². The molecule has 1 aromatic heterocycles. The van der Waals surface area contributed by atoms with Gasteiger partial charge in [-0.25, -0.2) is 9.18 Å². The minimum atomic E-state index is -0.380. The smallest absolute Gasteiger partial charge is 0.317 e. The van der Waals surface area contributed by atoms with Crippen molar-refractivity contribution in [2.24, 2.45) is 0 Å². The van der Waals surface area contributed by atoms with Gasteiger partial charge in [-0.1, -0.05) is 17.7 Å². The lowest BCUT2D eigenvalue weighted by molar-refractivity contribution is 0.191. The molecule has 2 N–H and O–H groups in total. The van der Waals surface area contributed by atoms with Crippen molar-refractivity contribution in [2.45, 2.75) is 31.8 Å². The van der Waals surface area contributed by atoms with Gasteiger partial charge in [0.15, 0.2) is 0 Å². The molecule has 23 heavy (non-hydrogen) atoms. The van der Waals surface area contributed by atoms with E-state index in [4.69, 9.17) is 11.6 Å². The summed E-state index contributed by atoms with van der Waals surface area (Å²) in [5.74, 6) is -0.380. The van der Waals surface area contributed by atoms with E-state index < -0.39 is 0 Å². The van der Waals surface area contributed by atoms with E-state index in [2.05, 4.69) is 15.5 Å². The van der Waals surface area contributed by atoms with Gasteiger partial charge in [-0.2, -0.15) is 5.10 Å². The summed E-state index contributed by atoms with van der Waals surface area (Å²) < 4.78 is 13.9. The number of hydrogen-bond donors (Lipinski definition) is 2. The number of amides is 2. The maximum atomic E-state index is 13.9. The molecule has 0 atom stereocenters. The summed E-state index contributed by atoms with van der Waals surface area (Å²) >= 11 is 6.07. The number of aromatic amines is 1. The summed E-state index contributed by atoms with van der Waals surface area (Å²) in [6.07, 6.45) is 6.11. The summed E-state index contributed by atoms with van der Waals surface area (Å²) in [6, 6.07) is 4.55. The number of halogens is 2. The largest absolute Gasteiger partial charge is 0.338 e. The van der Waals surface area contributed by atoms with E-state index in [1.807, 2.05) is 0 Å². The number of H-pyrrole nitrogens is 1. The topological polar surface area (TPSA) is 61.0 Å². The van der Waals surface area contributed by atoms with Crippen LogP contribution in [0.1, 0.15) is 24.0 Å². The SMILES string of the molecule is O=C(NCCc1cn[nH]c1)N(Cc1c(F)cccc1Cl)C1CC1. The van der Waals surface area contributed by atoms with Crippen LogP contribution < -0.4 is 5.32 Å². The third-order valence-corrected chi connectivity index (χ3v) is 4.24. The zero-order valence-electron chi connectivity index (χ0n) is 12.6.